The van der Waals surface area contributed by atoms with Gasteiger partial charge in [-0.1, -0.05) is 12.1 Å². The van der Waals surface area contributed by atoms with Crippen LogP contribution in [-0.4, -0.2) is 53.1 Å². The molecule has 0 saturated heterocycles. The Morgan fingerprint density at radius 3 is 2.50 bits per heavy atom. The Balaban J connectivity index is 1.70. The Morgan fingerprint density at radius 1 is 1.12 bits per heavy atom. The lowest BCUT2D eigenvalue weighted by Gasteiger charge is -2.44. The zero-order valence-corrected chi connectivity index (χ0v) is 19.4. The van der Waals surface area contributed by atoms with E-state index < -0.39 is 17.4 Å². The molecule has 1 aromatic carbocycles. The number of furan rings is 1. The number of carbonyl (C=O) groups is 3. The van der Waals surface area contributed by atoms with Crippen LogP contribution >= 0.6 is 0 Å². The summed E-state index contributed by atoms with van der Waals surface area (Å²) in [5.74, 6) is -0.000370. The maximum Gasteiger partial charge on any atom is 0.325 e. The van der Waals surface area contributed by atoms with Crippen LogP contribution in [0.5, 0.6) is 5.75 Å². The van der Waals surface area contributed by atoms with Crippen LogP contribution in [0.25, 0.3) is 11.5 Å². The topological polar surface area (TPSA) is 103 Å². The minimum Gasteiger partial charge on any atom is -0.497 e. The number of aromatic nitrogens is 1. The lowest BCUT2D eigenvalue weighted by Crippen LogP contribution is -2.64. The highest BCUT2D eigenvalue weighted by Crippen LogP contribution is 2.34. The fourth-order valence-corrected chi connectivity index (χ4v) is 4.13. The second-order valence-corrected chi connectivity index (χ2v) is 8.17. The second-order valence-electron chi connectivity index (χ2n) is 8.17. The summed E-state index contributed by atoms with van der Waals surface area (Å²) < 4.78 is 17.5. The Kier molecular flexibility index (Phi) is 6.45. The lowest BCUT2D eigenvalue weighted by molar-refractivity contribution is -0.145. The van der Waals surface area contributed by atoms with Gasteiger partial charge >= 0.3 is 5.97 Å². The van der Waals surface area contributed by atoms with Crippen LogP contribution in [-0.2, 0) is 27.4 Å². The van der Waals surface area contributed by atoms with Gasteiger partial charge in [0.2, 0.25) is 5.91 Å². The molecule has 2 aromatic heterocycles. The second kappa shape index (κ2) is 9.46. The Morgan fingerprint density at radius 2 is 1.85 bits per heavy atom. The van der Waals surface area contributed by atoms with Gasteiger partial charge in [-0.2, -0.15) is 0 Å². The average molecular weight is 466 g/mol. The van der Waals surface area contributed by atoms with Crippen molar-refractivity contribution in [3.63, 3.8) is 0 Å². The zero-order valence-electron chi connectivity index (χ0n) is 19.4. The van der Waals surface area contributed by atoms with Crippen molar-refractivity contribution in [2.24, 2.45) is 0 Å². The summed E-state index contributed by atoms with van der Waals surface area (Å²) >= 11 is 0. The SMILES string of the molecule is CCOC(=O)CNC(=O)[C@]1(C)Cn2c(ccc2-c2ccco2)C(=O)N1Cc1ccc(OC)cc1. The van der Waals surface area contributed by atoms with E-state index in [-0.39, 0.29) is 32.1 Å². The van der Waals surface area contributed by atoms with Gasteiger partial charge in [0.25, 0.3) is 5.91 Å². The summed E-state index contributed by atoms with van der Waals surface area (Å²) in [6.07, 6.45) is 1.56. The molecule has 9 nitrogen and oxygen atoms in total. The number of amides is 2. The van der Waals surface area contributed by atoms with Gasteiger partial charge in [0, 0.05) is 6.54 Å². The molecule has 0 aliphatic carbocycles. The smallest absolute Gasteiger partial charge is 0.325 e. The molecule has 1 atom stereocenters. The van der Waals surface area contributed by atoms with Crippen molar-refractivity contribution in [3.8, 4) is 17.2 Å². The van der Waals surface area contributed by atoms with Gasteiger partial charge in [0.05, 0.1) is 32.2 Å². The summed E-state index contributed by atoms with van der Waals surface area (Å²) in [5.41, 5.74) is 0.707. The first kappa shape index (κ1) is 23.2. The number of esters is 1. The first-order valence-corrected chi connectivity index (χ1v) is 11.0. The van der Waals surface area contributed by atoms with Gasteiger partial charge in [0.1, 0.15) is 29.3 Å². The molecule has 3 aromatic rings. The van der Waals surface area contributed by atoms with E-state index in [2.05, 4.69) is 5.32 Å². The molecule has 0 bridgehead atoms. The first-order valence-electron chi connectivity index (χ1n) is 11.0. The number of nitrogens with zero attached hydrogens (tertiary/aromatic N) is 2. The first-order chi connectivity index (χ1) is 16.4. The number of nitrogens with one attached hydrogen (secondary N) is 1. The molecular weight excluding hydrogens is 438 g/mol. The monoisotopic (exact) mass is 465 g/mol. The zero-order chi connectivity index (χ0) is 24.3. The van der Waals surface area contributed by atoms with Crippen LogP contribution in [0.3, 0.4) is 0 Å². The molecule has 1 N–H and O–H groups in total. The van der Waals surface area contributed by atoms with Gasteiger partial charge < -0.3 is 28.7 Å². The quantitative estimate of drug-likeness (QED) is 0.513. The van der Waals surface area contributed by atoms with E-state index in [9.17, 15) is 14.4 Å². The highest BCUT2D eigenvalue weighted by molar-refractivity contribution is 6.01. The molecule has 3 heterocycles. The van der Waals surface area contributed by atoms with Crippen LogP contribution in [0.15, 0.2) is 59.2 Å². The summed E-state index contributed by atoms with van der Waals surface area (Å²) in [6, 6.07) is 14.4. The Hall–Kier alpha value is -4.01. The van der Waals surface area contributed by atoms with Gasteiger partial charge in [0.15, 0.2) is 0 Å². The molecule has 34 heavy (non-hydrogen) atoms. The van der Waals surface area contributed by atoms with Crippen molar-refractivity contribution in [2.75, 3.05) is 20.3 Å². The van der Waals surface area contributed by atoms with Crippen molar-refractivity contribution < 1.29 is 28.3 Å². The molecule has 0 spiro atoms. The lowest BCUT2D eigenvalue weighted by atomic mass is 9.93. The number of benzene rings is 1. The molecule has 4 rings (SSSR count). The number of fused-ring (bicyclic) bond motifs is 1. The Labute approximate surface area is 197 Å². The third kappa shape index (κ3) is 4.28. The molecule has 0 fully saturated rings. The highest BCUT2D eigenvalue weighted by Gasteiger charge is 2.48. The number of carbonyl (C=O) groups excluding carboxylic acids is 3. The third-order valence-corrected chi connectivity index (χ3v) is 5.97. The van der Waals surface area contributed by atoms with Gasteiger partial charge in [-0.05, 0) is 55.8 Å². The predicted molar refractivity (Wildman–Crippen MR) is 123 cm³/mol. The molecule has 1 aliphatic heterocycles. The molecule has 9 heteroatoms. The number of ether oxygens (including phenoxy) is 2. The Bertz CT molecular complexity index is 1180. The summed E-state index contributed by atoms with van der Waals surface area (Å²) in [5, 5.41) is 2.65. The number of methoxy groups -OCH3 is 1. The number of hydrogen-bond acceptors (Lipinski definition) is 6. The maximum absolute atomic E-state index is 13.7. The number of hydrogen-bond donors (Lipinski definition) is 1. The summed E-state index contributed by atoms with van der Waals surface area (Å²) in [7, 11) is 1.58. The summed E-state index contributed by atoms with van der Waals surface area (Å²) in [6.45, 7) is 3.71. The minimum absolute atomic E-state index is 0.182. The molecule has 2 amide bonds. The highest BCUT2D eigenvalue weighted by atomic mass is 16.5. The van der Waals surface area contributed by atoms with E-state index in [0.29, 0.717) is 22.9 Å². The van der Waals surface area contributed by atoms with E-state index in [4.69, 9.17) is 13.9 Å². The van der Waals surface area contributed by atoms with Crippen LogP contribution in [0, 0.1) is 0 Å². The molecule has 178 valence electrons. The van der Waals surface area contributed by atoms with Gasteiger partial charge in [-0.15, -0.1) is 0 Å². The van der Waals surface area contributed by atoms with Crippen molar-refractivity contribution in [3.05, 3.63) is 66.1 Å². The molecule has 0 unspecified atom stereocenters. The molecular formula is C25H27N3O6. The fourth-order valence-electron chi connectivity index (χ4n) is 4.13. The molecule has 0 saturated carbocycles. The van der Waals surface area contributed by atoms with Crippen LogP contribution < -0.4 is 10.1 Å². The van der Waals surface area contributed by atoms with Crippen molar-refractivity contribution in [1.29, 1.82) is 0 Å². The predicted octanol–water partition coefficient (Wildman–Crippen LogP) is 2.85. The van der Waals surface area contributed by atoms with Crippen molar-refractivity contribution in [1.82, 2.24) is 14.8 Å². The van der Waals surface area contributed by atoms with Gasteiger partial charge in [-0.3, -0.25) is 14.4 Å². The van der Waals surface area contributed by atoms with Crippen LogP contribution in [0.1, 0.15) is 29.9 Å². The van der Waals surface area contributed by atoms with Crippen molar-refractivity contribution in [2.45, 2.75) is 32.5 Å². The van der Waals surface area contributed by atoms with E-state index in [1.807, 2.05) is 12.1 Å². The number of rotatable bonds is 8. The van der Waals surface area contributed by atoms with Crippen LogP contribution in [0.2, 0.25) is 0 Å². The molecule has 1 aliphatic rings. The maximum atomic E-state index is 13.7. The fraction of sp³-hybridized carbons (Fsp3) is 0.320. The average Bonchev–Trinajstić information content (AvgIpc) is 3.50. The van der Waals surface area contributed by atoms with Crippen molar-refractivity contribution >= 4 is 17.8 Å². The standard InChI is InChI=1S/C25H27N3O6/c1-4-33-22(29)14-26-24(31)25(2)16-27-19(21-6-5-13-34-21)11-12-20(27)23(30)28(25)15-17-7-9-18(32-3)10-8-17/h5-13H,4,14-16H2,1-3H3,(H,26,31)/t25-/m0/s1. The largest absolute Gasteiger partial charge is 0.497 e. The normalized spacial score (nSPS) is 17.3. The van der Waals surface area contributed by atoms with Gasteiger partial charge in [-0.25, -0.2) is 0 Å². The minimum atomic E-state index is -1.28. The summed E-state index contributed by atoms with van der Waals surface area (Å²) in [4.78, 5) is 40.5. The van der Waals surface area contributed by atoms with E-state index in [1.54, 1.807) is 68.2 Å². The molecule has 0 radical (unpaired) electrons. The third-order valence-electron chi connectivity index (χ3n) is 5.97. The van der Waals surface area contributed by atoms with E-state index >= 15 is 0 Å². The van der Waals surface area contributed by atoms with E-state index in [1.165, 1.54) is 4.90 Å². The van der Waals surface area contributed by atoms with E-state index in [0.717, 1.165) is 5.56 Å². The van der Waals surface area contributed by atoms with Crippen LogP contribution in [0.4, 0.5) is 0 Å².